The van der Waals surface area contributed by atoms with Crippen LogP contribution in [0.2, 0.25) is 0 Å². The van der Waals surface area contributed by atoms with E-state index in [0.29, 0.717) is 23.9 Å². The molecule has 0 spiro atoms. The van der Waals surface area contributed by atoms with E-state index >= 15 is 0 Å². The molecular formula is C19H30N2O. The van der Waals surface area contributed by atoms with Crippen molar-refractivity contribution in [2.24, 2.45) is 11.3 Å². The Morgan fingerprint density at radius 2 is 1.77 bits per heavy atom. The molecule has 3 heteroatoms. The lowest BCUT2D eigenvalue weighted by Crippen LogP contribution is -2.46. The molecule has 0 saturated heterocycles. The maximum Gasteiger partial charge on any atom is 0.238 e. The van der Waals surface area contributed by atoms with Crippen molar-refractivity contribution >= 4 is 11.6 Å². The van der Waals surface area contributed by atoms with Crippen LogP contribution in [-0.4, -0.2) is 18.5 Å². The van der Waals surface area contributed by atoms with Crippen molar-refractivity contribution in [1.82, 2.24) is 5.32 Å². The quantitative estimate of drug-likeness (QED) is 0.878. The Hall–Kier alpha value is -1.35. The van der Waals surface area contributed by atoms with Crippen LogP contribution < -0.4 is 10.6 Å². The third kappa shape index (κ3) is 4.84. The van der Waals surface area contributed by atoms with Crippen LogP contribution in [0.3, 0.4) is 0 Å². The second-order valence-electron chi connectivity index (χ2n) is 7.66. The van der Waals surface area contributed by atoms with Crippen LogP contribution in [0.5, 0.6) is 0 Å². The molecule has 2 rings (SSSR count). The normalized spacial score (nSPS) is 22.4. The first-order valence-corrected chi connectivity index (χ1v) is 8.46. The van der Waals surface area contributed by atoms with Gasteiger partial charge in [0.1, 0.15) is 0 Å². The summed E-state index contributed by atoms with van der Waals surface area (Å²) in [5.41, 5.74) is 2.37. The average molecular weight is 302 g/mol. The molecule has 3 nitrogen and oxygen atoms in total. The SMILES string of the molecule is Cc1ccc(NC(=O)CNC2CCCCC2C(C)(C)C)cc1. The molecule has 0 bridgehead atoms. The highest BCUT2D eigenvalue weighted by atomic mass is 16.1. The molecule has 1 aliphatic carbocycles. The van der Waals surface area contributed by atoms with Gasteiger partial charge in [0.15, 0.2) is 0 Å². The van der Waals surface area contributed by atoms with Crippen LogP contribution in [0.4, 0.5) is 5.69 Å². The van der Waals surface area contributed by atoms with Crippen molar-refractivity contribution < 1.29 is 4.79 Å². The lowest BCUT2D eigenvalue weighted by Gasteiger charge is -2.40. The smallest absolute Gasteiger partial charge is 0.238 e. The molecule has 0 radical (unpaired) electrons. The molecule has 1 amide bonds. The van der Waals surface area contributed by atoms with E-state index in [1.165, 1.54) is 31.2 Å². The maximum atomic E-state index is 12.1. The third-order valence-electron chi connectivity index (χ3n) is 4.74. The number of anilines is 1. The molecule has 22 heavy (non-hydrogen) atoms. The topological polar surface area (TPSA) is 41.1 Å². The van der Waals surface area contributed by atoms with Crippen molar-refractivity contribution in [3.05, 3.63) is 29.8 Å². The van der Waals surface area contributed by atoms with E-state index in [9.17, 15) is 4.79 Å². The highest BCUT2D eigenvalue weighted by molar-refractivity contribution is 5.92. The average Bonchev–Trinajstić information content (AvgIpc) is 2.47. The van der Waals surface area contributed by atoms with Gasteiger partial charge in [-0.1, -0.05) is 51.3 Å². The highest BCUT2D eigenvalue weighted by Gasteiger charge is 2.33. The Kier molecular flexibility index (Phi) is 5.63. The summed E-state index contributed by atoms with van der Waals surface area (Å²) < 4.78 is 0. The minimum Gasteiger partial charge on any atom is -0.325 e. The van der Waals surface area contributed by atoms with Gasteiger partial charge in [-0.2, -0.15) is 0 Å². The molecule has 2 atom stereocenters. The van der Waals surface area contributed by atoms with E-state index in [1.54, 1.807) is 0 Å². The summed E-state index contributed by atoms with van der Waals surface area (Å²) in [6, 6.07) is 8.38. The third-order valence-corrected chi connectivity index (χ3v) is 4.74. The Morgan fingerprint density at radius 1 is 1.14 bits per heavy atom. The van der Waals surface area contributed by atoms with Crippen LogP contribution in [0.1, 0.15) is 52.0 Å². The fourth-order valence-electron chi connectivity index (χ4n) is 3.48. The zero-order valence-electron chi connectivity index (χ0n) is 14.4. The minimum atomic E-state index is 0.0436. The first-order valence-electron chi connectivity index (χ1n) is 8.46. The van der Waals surface area contributed by atoms with Crippen LogP contribution in [0, 0.1) is 18.3 Å². The molecule has 1 aliphatic rings. The molecule has 1 saturated carbocycles. The van der Waals surface area contributed by atoms with E-state index in [0.717, 1.165) is 5.69 Å². The summed E-state index contributed by atoms with van der Waals surface area (Å²) in [5.74, 6) is 0.690. The van der Waals surface area contributed by atoms with Gasteiger partial charge in [0, 0.05) is 11.7 Å². The van der Waals surface area contributed by atoms with Crippen molar-refractivity contribution in [1.29, 1.82) is 0 Å². The van der Waals surface area contributed by atoms with Crippen LogP contribution in [0.25, 0.3) is 0 Å². The fraction of sp³-hybridized carbons (Fsp3) is 0.632. The summed E-state index contributed by atoms with van der Waals surface area (Å²) in [4.78, 5) is 12.1. The Bertz CT molecular complexity index is 487. The van der Waals surface area contributed by atoms with Crippen molar-refractivity contribution in [3.63, 3.8) is 0 Å². The van der Waals surface area contributed by atoms with Crippen molar-refractivity contribution in [2.75, 3.05) is 11.9 Å². The molecule has 1 aromatic carbocycles. The Balaban J connectivity index is 1.85. The molecular weight excluding hydrogens is 272 g/mol. The number of rotatable bonds is 4. The predicted octanol–water partition coefficient (Wildman–Crippen LogP) is 4.13. The molecule has 122 valence electrons. The summed E-state index contributed by atoms with van der Waals surface area (Å²) >= 11 is 0. The van der Waals surface area contributed by atoms with Gasteiger partial charge in [-0.3, -0.25) is 4.79 Å². The van der Waals surface area contributed by atoms with Crippen molar-refractivity contribution in [3.8, 4) is 0 Å². The second-order valence-corrected chi connectivity index (χ2v) is 7.66. The standard InChI is InChI=1S/C19H30N2O/c1-14-9-11-15(12-10-14)21-18(22)13-20-17-8-6-5-7-16(17)19(2,3)4/h9-12,16-17,20H,5-8,13H2,1-4H3,(H,21,22). The lowest BCUT2D eigenvalue weighted by molar-refractivity contribution is -0.115. The first-order chi connectivity index (χ1) is 10.4. The largest absolute Gasteiger partial charge is 0.325 e. The summed E-state index contributed by atoms with van der Waals surface area (Å²) in [7, 11) is 0. The van der Waals surface area contributed by atoms with Gasteiger partial charge >= 0.3 is 0 Å². The first kappa shape index (κ1) is 17.0. The lowest BCUT2D eigenvalue weighted by atomic mass is 9.69. The van der Waals surface area contributed by atoms with Gasteiger partial charge in [0.05, 0.1) is 6.54 Å². The monoisotopic (exact) mass is 302 g/mol. The van der Waals surface area contributed by atoms with E-state index < -0.39 is 0 Å². The minimum absolute atomic E-state index is 0.0436. The molecule has 2 N–H and O–H groups in total. The fourth-order valence-corrected chi connectivity index (χ4v) is 3.48. The highest BCUT2D eigenvalue weighted by Crippen LogP contribution is 2.37. The summed E-state index contributed by atoms with van der Waals surface area (Å²) in [6.45, 7) is 9.37. The number of nitrogens with one attached hydrogen (secondary N) is 2. The zero-order valence-corrected chi connectivity index (χ0v) is 14.4. The number of carbonyl (C=O) groups is 1. The van der Waals surface area contributed by atoms with Crippen LogP contribution >= 0.6 is 0 Å². The van der Waals surface area contributed by atoms with Gasteiger partial charge in [-0.25, -0.2) is 0 Å². The number of amides is 1. The van der Waals surface area contributed by atoms with E-state index in [2.05, 4.69) is 31.4 Å². The van der Waals surface area contributed by atoms with Gasteiger partial charge < -0.3 is 10.6 Å². The Morgan fingerprint density at radius 3 is 2.41 bits per heavy atom. The molecule has 0 aliphatic heterocycles. The summed E-state index contributed by atoms with van der Waals surface area (Å²) in [5, 5.41) is 6.46. The van der Waals surface area contributed by atoms with E-state index in [4.69, 9.17) is 0 Å². The van der Waals surface area contributed by atoms with Gasteiger partial charge in [0.2, 0.25) is 5.91 Å². The summed E-state index contributed by atoms with van der Waals surface area (Å²) in [6.07, 6.45) is 5.03. The second kappa shape index (κ2) is 7.28. The predicted molar refractivity (Wildman–Crippen MR) is 93.0 cm³/mol. The molecule has 1 aromatic rings. The molecule has 0 aromatic heterocycles. The van der Waals surface area contributed by atoms with Gasteiger partial charge in [-0.15, -0.1) is 0 Å². The molecule has 1 fully saturated rings. The zero-order chi connectivity index (χ0) is 16.2. The number of aryl methyl sites for hydroxylation is 1. The van der Waals surface area contributed by atoms with Crippen molar-refractivity contribution in [2.45, 2.75) is 59.4 Å². The number of carbonyl (C=O) groups excluding carboxylic acids is 1. The maximum absolute atomic E-state index is 12.1. The van der Waals surface area contributed by atoms with E-state index in [-0.39, 0.29) is 5.91 Å². The van der Waals surface area contributed by atoms with Crippen LogP contribution in [0.15, 0.2) is 24.3 Å². The number of hydrogen-bond acceptors (Lipinski definition) is 2. The molecule has 0 heterocycles. The van der Waals surface area contributed by atoms with E-state index in [1.807, 2.05) is 31.2 Å². The molecule has 2 unspecified atom stereocenters. The Labute approximate surface area is 134 Å². The van der Waals surface area contributed by atoms with Gasteiger partial charge in [0.25, 0.3) is 0 Å². The number of benzene rings is 1. The number of hydrogen-bond donors (Lipinski definition) is 2. The van der Waals surface area contributed by atoms with Gasteiger partial charge in [-0.05, 0) is 43.2 Å². The van der Waals surface area contributed by atoms with Crippen LogP contribution in [-0.2, 0) is 4.79 Å².